The molecule has 3 rings (SSSR count). The fourth-order valence-electron chi connectivity index (χ4n) is 2.58. The van der Waals surface area contributed by atoms with E-state index in [1.54, 1.807) is 23.9 Å². The third-order valence-corrected chi connectivity index (χ3v) is 4.89. The summed E-state index contributed by atoms with van der Waals surface area (Å²) in [4.78, 5) is 13.4. The molecule has 23 heavy (non-hydrogen) atoms. The molecule has 0 spiro atoms. The van der Waals surface area contributed by atoms with Crippen LogP contribution in [0.4, 0.5) is 4.39 Å². The van der Waals surface area contributed by atoms with Gasteiger partial charge in [-0.25, -0.2) is 4.39 Å². The van der Waals surface area contributed by atoms with Gasteiger partial charge in [-0.15, -0.1) is 11.8 Å². The fourth-order valence-corrected chi connectivity index (χ4v) is 3.68. The standard InChI is InChI=1S/C17H16FNO3S/c1-22-11-3-4-15(20)13(9-11)17(21)19-14-6-7-23-16-5-2-10(18)8-12(14)16/h2-5,8-9,14,20H,6-7H2,1H3,(H,19,21). The van der Waals surface area contributed by atoms with Crippen LogP contribution in [-0.2, 0) is 0 Å². The molecule has 1 heterocycles. The highest BCUT2D eigenvalue weighted by Crippen LogP contribution is 2.37. The number of ether oxygens (including phenoxy) is 1. The Kier molecular flexibility index (Phi) is 4.43. The number of benzene rings is 2. The SMILES string of the molecule is COc1ccc(O)c(C(=O)NC2CCSc3ccc(F)cc32)c1. The molecule has 1 unspecified atom stereocenters. The molecule has 6 heteroatoms. The average molecular weight is 333 g/mol. The highest BCUT2D eigenvalue weighted by molar-refractivity contribution is 7.99. The smallest absolute Gasteiger partial charge is 0.255 e. The first-order valence-electron chi connectivity index (χ1n) is 7.18. The lowest BCUT2D eigenvalue weighted by atomic mass is 10.0. The number of carbonyl (C=O) groups is 1. The summed E-state index contributed by atoms with van der Waals surface area (Å²) in [7, 11) is 1.49. The van der Waals surface area contributed by atoms with Crippen LogP contribution >= 0.6 is 11.8 Å². The van der Waals surface area contributed by atoms with Crippen molar-refractivity contribution in [1.29, 1.82) is 0 Å². The van der Waals surface area contributed by atoms with Crippen molar-refractivity contribution in [2.24, 2.45) is 0 Å². The van der Waals surface area contributed by atoms with E-state index in [9.17, 15) is 14.3 Å². The number of phenolic OH excluding ortho intramolecular Hbond substituents is 1. The number of hydrogen-bond acceptors (Lipinski definition) is 4. The molecule has 0 aliphatic carbocycles. The van der Waals surface area contributed by atoms with Crippen LogP contribution in [0.2, 0.25) is 0 Å². The van der Waals surface area contributed by atoms with Crippen LogP contribution in [0, 0.1) is 5.82 Å². The van der Waals surface area contributed by atoms with Crippen molar-refractivity contribution in [2.45, 2.75) is 17.4 Å². The van der Waals surface area contributed by atoms with E-state index >= 15 is 0 Å². The Morgan fingerprint density at radius 3 is 2.96 bits per heavy atom. The van der Waals surface area contributed by atoms with Crippen LogP contribution in [0.5, 0.6) is 11.5 Å². The first-order chi connectivity index (χ1) is 11.1. The number of methoxy groups -OCH3 is 1. The Balaban J connectivity index is 1.86. The van der Waals surface area contributed by atoms with Gasteiger partial charge in [0, 0.05) is 10.6 Å². The number of thioether (sulfide) groups is 1. The second-order valence-electron chi connectivity index (χ2n) is 5.23. The predicted molar refractivity (Wildman–Crippen MR) is 86.6 cm³/mol. The molecule has 0 aromatic heterocycles. The molecule has 2 N–H and O–H groups in total. The van der Waals surface area contributed by atoms with Gasteiger partial charge in [0.05, 0.1) is 18.7 Å². The largest absolute Gasteiger partial charge is 0.507 e. The predicted octanol–water partition coefficient (Wildman–Crippen LogP) is 3.51. The number of carbonyl (C=O) groups excluding carboxylic acids is 1. The van der Waals surface area contributed by atoms with Gasteiger partial charge in [0.1, 0.15) is 17.3 Å². The fraction of sp³-hybridized carbons (Fsp3) is 0.235. The topological polar surface area (TPSA) is 58.6 Å². The van der Waals surface area contributed by atoms with Crippen LogP contribution in [0.3, 0.4) is 0 Å². The Hall–Kier alpha value is -2.21. The van der Waals surface area contributed by atoms with E-state index in [4.69, 9.17) is 4.74 Å². The Labute approximate surface area is 137 Å². The summed E-state index contributed by atoms with van der Waals surface area (Å²) in [6.45, 7) is 0. The maximum atomic E-state index is 13.5. The Morgan fingerprint density at radius 1 is 1.35 bits per heavy atom. The van der Waals surface area contributed by atoms with Gasteiger partial charge in [0.25, 0.3) is 5.91 Å². The van der Waals surface area contributed by atoms with E-state index in [0.29, 0.717) is 12.2 Å². The molecule has 0 saturated carbocycles. The number of phenols is 1. The van der Waals surface area contributed by atoms with Gasteiger partial charge in [-0.3, -0.25) is 4.79 Å². The first-order valence-corrected chi connectivity index (χ1v) is 8.17. The van der Waals surface area contributed by atoms with Gasteiger partial charge in [0.2, 0.25) is 0 Å². The Bertz CT molecular complexity index is 751. The third kappa shape index (κ3) is 3.27. The average Bonchev–Trinajstić information content (AvgIpc) is 2.55. The summed E-state index contributed by atoms with van der Waals surface area (Å²) in [6, 6.07) is 8.80. The molecule has 1 atom stereocenters. The van der Waals surface area contributed by atoms with E-state index in [0.717, 1.165) is 16.2 Å². The molecular formula is C17H16FNO3S. The number of aromatic hydroxyl groups is 1. The molecule has 4 nitrogen and oxygen atoms in total. The van der Waals surface area contributed by atoms with Crippen molar-refractivity contribution >= 4 is 17.7 Å². The van der Waals surface area contributed by atoms with Crippen molar-refractivity contribution in [3.63, 3.8) is 0 Å². The molecular weight excluding hydrogens is 317 g/mol. The molecule has 2 aromatic carbocycles. The molecule has 0 saturated heterocycles. The van der Waals surface area contributed by atoms with Gasteiger partial charge in [0.15, 0.2) is 0 Å². The summed E-state index contributed by atoms with van der Waals surface area (Å²) in [6.07, 6.45) is 0.706. The lowest BCUT2D eigenvalue weighted by Gasteiger charge is -2.26. The molecule has 2 aromatic rings. The first kappa shape index (κ1) is 15.7. The quantitative estimate of drug-likeness (QED) is 0.902. The summed E-state index contributed by atoms with van der Waals surface area (Å²) in [5, 5.41) is 12.8. The summed E-state index contributed by atoms with van der Waals surface area (Å²) < 4.78 is 18.6. The number of hydrogen-bond donors (Lipinski definition) is 2. The number of halogens is 1. The van der Waals surface area contributed by atoms with Crippen molar-refractivity contribution in [3.8, 4) is 11.5 Å². The normalized spacial score (nSPS) is 16.5. The van der Waals surface area contributed by atoms with E-state index < -0.39 is 5.91 Å². The van der Waals surface area contributed by atoms with Crippen LogP contribution in [0.15, 0.2) is 41.3 Å². The minimum Gasteiger partial charge on any atom is -0.507 e. The zero-order chi connectivity index (χ0) is 16.4. The monoisotopic (exact) mass is 333 g/mol. The third-order valence-electron chi connectivity index (χ3n) is 3.77. The molecule has 0 fully saturated rings. The zero-order valence-corrected chi connectivity index (χ0v) is 13.3. The molecule has 0 radical (unpaired) electrons. The van der Waals surface area contributed by atoms with Crippen LogP contribution in [0.1, 0.15) is 28.4 Å². The van der Waals surface area contributed by atoms with E-state index in [2.05, 4.69) is 5.32 Å². The molecule has 1 aliphatic heterocycles. The van der Waals surface area contributed by atoms with Crippen LogP contribution in [-0.4, -0.2) is 23.9 Å². The second kappa shape index (κ2) is 6.50. The zero-order valence-electron chi connectivity index (χ0n) is 12.5. The summed E-state index contributed by atoms with van der Waals surface area (Å²) in [5.74, 6) is 0.475. The van der Waals surface area contributed by atoms with Gasteiger partial charge in [-0.2, -0.15) is 0 Å². The number of amides is 1. The highest BCUT2D eigenvalue weighted by atomic mass is 32.2. The molecule has 1 amide bonds. The van der Waals surface area contributed by atoms with Gasteiger partial charge >= 0.3 is 0 Å². The minimum absolute atomic E-state index is 0.118. The maximum Gasteiger partial charge on any atom is 0.255 e. The number of rotatable bonds is 3. The highest BCUT2D eigenvalue weighted by Gasteiger charge is 2.24. The van der Waals surface area contributed by atoms with Crippen LogP contribution < -0.4 is 10.1 Å². The minimum atomic E-state index is -0.409. The Morgan fingerprint density at radius 2 is 2.17 bits per heavy atom. The van der Waals surface area contributed by atoms with Gasteiger partial charge in [-0.1, -0.05) is 0 Å². The van der Waals surface area contributed by atoms with Crippen molar-refractivity contribution in [3.05, 3.63) is 53.3 Å². The second-order valence-corrected chi connectivity index (χ2v) is 6.37. The van der Waals surface area contributed by atoms with Crippen LogP contribution in [0.25, 0.3) is 0 Å². The maximum absolute atomic E-state index is 13.5. The molecule has 120 valence electrons. The van der Waals surface area contributed by atoms with Gasteiger partial charge < -0.3 is 15.2 Å². The summed E-state index contributed by atoms with van der Waals surface area (Å²) >= 11 is 1.65. The van der Waals surface area contributed by atoms with Crippen molar-refractivity contribution in [2.75, 3.05) is 12.9 Å². The van der Waals surface area contributed by atoms with E-state index in [1.807, 2.05) is 0 Å². The number of fused-ring (bicyclic) bond motifs is 1. The van der Waals surface area contributed by atoms with Crippen molar-refractivity contribution in [1.82, 2.24) is 5.32 Å². The van der Waals surface area contributed by atoms with E-state index in [-0.39, 0.29) is 23.2 Å². The van der Waals surface area contributed by atoms with Gasteiger partial charge in [-0.05, 0) is 48.4 Å². The number of nitrogens with one attached hydrogen (secondary N) is 1. The lowest BCUT2D eigenvalue weighted by molar-refractivity contribution is 0.0932. The lowest BCUT2D eigenvalue weighted by Crippen LogP contribution is -2.30. The van der Waals surface area contributed by atoms with E-state index in [1.165, 1.54) is 31.4 Å². The summed E-state index contributed by atoms with van der Waals surface area (Å²) in [5.41, 5.74) is 0.914. The molecule has 1 aliphatic rings. The van der Waals surface area contributed by atoms with Crippen molar-refractivity contribution < 1.29 is 19.0 Å². The molecule has 0 bridgehead atoms.